The summed E-state index contributed by atoms with van der Waals surface area (Å²) in [5.74, 6) is -0.770. The second kappa shape index (κ2) is 7.97. The van der Waals surface area contributed by atoms with Crippen LogP contribution in [0.4, 0.5) is 5.69 Å². The monoisotopic (exact) mass is 378 g/mol. The van der Waals surface area contributed by atoms with Gasteiger partial charge < -0.3 is 5.32 Å². The fourth-order valence-electron chi connectivity index (χ4n) is 3.60. The third-order valence-corrected chi connectivity index (χ3v) is 4.98. The number of nitrogens with zero attached hydrogens (tertiary/aromatic N) is 1. The van der Waals surface area contributed by atoms with E-state index in [9.17, 15) is 14.4 Å². The smallest absolute Gasteiger partial charge is 0.262 e. The minimum absolute atomic E-state index is 0.139. The number of carbonyl (C=O) groups excluding carboxylic acids is 3. The van der Waals surface area contributed by atoms with Crippen LogP contribution in [0, 0.1) is 5.92 Å². The second-order valence-electron chi connectivity index (χ2n) is 7.90. The van der Waals surface area contributed by atoms with Gasteiger partial charge in [0.2, 0.25) is 5.91 Å². The topological polar surface area (TPSA) is 66.5 Å². The average molecular weight is 378 g/mol. The van der Waals surface area contributed by atoms with E-state index >= 15 is 0 Å². The van der Waals surface area contributed by atoms with Crippen molar-refractivity contribution in [2.45, 2.75) is 46.1 Å². The maximum atomic E-state index is 13.2. The predicted molar refractivity (Wildman–Crippen MR) is 109 cm³/mol. The van der Waals surface area contributed by atoms with E-state index in [1.165, 1.54) is 0 Å². The third kappa shape index (κ3) is 3.70. The van der Waals surface area contributed by atoms with Gasteiger partial charge in [0.1, 0.15) is 6.04 Å². The molecule has 1 unspecified atom stereocenters. The van der Waals surface area contributed by atoms with Gasteiger partial charge in [0.25, 0.3) is 11.8 Å². The molecule has 1 aliphatic rings. The standard InChI is InChI=1S/C23H26N2O3/c1-14(2)13-20(21(26)24-19-12-8-7-9-16(19)15(3)4)25-22(27)17-10-5-6-11-18(17)23(25)28/h5-12,14-15,20H,13H2,1-4H3,(H,24,26). The van der Waals surface area contributed by atoms with Crippen molar-refractivity contribution in [2.75, 3.05) is 5.32 Å². The first-order chi connectivity index (χ1) is 13.3. The molecule has 5 heteroatoms. The maximum absolute atomic E-state index is 13.2. The van der Waals surface area contributed by atoms with Crippen LogP contribution in [0.25, 0.3) is 0 Å². The summed E-state index contributed by atoms with van der Waals surface area (Å²) in [6.07, 6.45) is 0.404. The lowest BCUT2D eigenvalue weighted by atomic mass is 9.99. The summed E-state index contributed by atoms with van der Waals surface area (Å²) in [6, 6.07) is 13.5. The highest BCUT2D eigenvalue weighted by atomic mass is 16.2. The van der Waals surface area contributed by atoms with Crippen molar-refractivity contribution in [3.8, 4) is 0 Å². The maximum Gasteiger partial charge on any atom is 0.262 e. The molecule has 0 saturated heterocycles. The third-order valence-electron chi connectivity index (χ3n) is 4.98. The Labute approximate surface area is 165 Å². The van der Waals surface area contributed by atoms with Crippen LogP contribution >= 0.6 is 0 Å². The number of amides is 3. The molecule has 28 heavy (non-hydrogen) atoms. The molecule has 1 N–H and O–H groups in total. The Morgan fingerprint density at radius 2 is 1.43 bits per heavy atom. The van der Waals surface area contributed by atoms with Crippen molar-refractivity contribution in [3.63, 3.8) is 0 Å². The molecule has 0 aliphatic carbocycles. The number of hydrogen-bond donors (Lipinski definition) is 1. The number of rotatable bonds is 6. The van der Waals surface area contributed by atoms with E-state index < -0.39 is 17.9 Å². The number of fused-ring (bicyclic) bond motifs is 1. The largest absolute Gasteiger partial charge is 0.324 e. The van der Waals surface area contributed by atoms with Gasteiger partial charge in [0.15, 0.2) is 0 Å². The van der Waals surface area contributed by atoms with E-state index in [0.29, 0.717) is 23.2 Å². The van der Waals surface area contributed by atoms with Crippen LogP contribution in [0.15, 0.2) is 48.5 Å². The van der Waals surface area contributed by atoms with Gasteiger partial charge in [0.05, 0.1) is 11.1 Å². The van der Waals surface area contributed by atoms with Gasteiger partial charge in [-0.15, -0.1) is 0 Å². The minimum Gasteiger partial charge on any atom is -0.324 e. The number of nitrogens with one attached hydrogen (secondary N) is 1. The molecule has 5 nitrogen and oxygen atoms in total. The lowest BCUT2D eigenvalue weighted by Gasteiger charge is -2.27. The Hall–Kier alpha value is -2.95. The Morgan fingerprint density at radius 3 is 1.96 bits per heavy atom. The number of hydrogen-bond acceptors (Lipinski definition) is 3. The lowest BCUT2D eigenvalue weighted by Crippen LogP contribution is -2.48. The highest BCUT2D eigenvalue weighted by molar-refractivity contribution is 6.23. The Balaban J connectivity index is 1.93. The first-order valence-corrected chi connectivity index (χ1v) is 9.68. The van der Waals surface area contributed by atoms with Gasteiger partial charge in [-0.05, 0) is 42.0 Å². The first kappa shape index (κ1) is 19.8. The van der Waals surface area contributed by atoms with Gasteiger partial charge in [0, 0.05) is 5.69 Å². The van der Waals surface area contributed by atoms with E-state index in [2.05, 4.69) is 19.2 Å². The van der Waals surface area contributed by atoms with E-state index in [0.717, 1.165) is 10.5 Å². The normalized spacial score (nSPS) is 14.6. The Morgan fingerprint density at radius 1 is 0.893 bits per heavy atom. The van der Waals surface area contributed by atoms with Gasteiger partial charge in [-0.1, -0.05) is 58.0 Å². The Bertz CT molecular complexity index is 883. The van der Waals surface area contributed by atoms with Crippen LogP contribution in [-0.2, 0) is 4.79 Å². The first-order valence-electron chi connectivity index (χ1n) is 9.68. The number of imide groups is 1. The van der Waals surface area contributed by atoms with Crippen molar-refractivity contribution < 1.29 is 14.4 Å². The quantitative estimate of drug-likeness (QED) is 0.755. The molecular weight excluding hydrogens is 352 g/mol. The summed E-state index contributed by atoms with van der Waals surface area (Å²) in [7, 11) is 0. The average Bonchev–Trinajstić information content (AvgIpc) is 2.91. The van der Waals surface area contributed by atoms with Gasteiger partial charge >= 0.3 is 0 Å². The van der Waals surface area contributed by atoms with Crippen LogP contribution < -0.4 is 5.32 Å². The van der Waals surface area contributed by atoms with Crippen molar-refractivity contribution >= 4 is 23.4 Å². The molecule has 2 aromatic rings. The molecule has 0 bridgehead atoms. The molecule has 0 radical (unpaired) electrons. The summed E-state index contributed by atoms with van der Waals surface area (Å²) in [6.45, 7) is 8.06. The Kier molecular flexibility index (Phi) is 5.63. The number of carbonyl (C=O) groups is 3. The zero-order valence-corrected chi connectivity index (χ0v) is 16.7. The zero-order valence-electron chi connectivity index (χ0n) is 16.7. The molecule has 0 spiro atoms. The fraction of sp³-hybridized carbons (Fsp3) is 0.348. The molecule has 0 saturated carbocycles. The summed E-state index contributed by atoms with van der Waals surface area (Å²) in [4.78, 5) is 40.1. The van der Waals surface area contributed by atoms with Crippen molar-refractivity contribution in [3.05, 3.63) is 65.2 Å². The van der Waals surface area contributed by atoms with E-state index in [1.54, 1.807) is 24.3 Å². The van der Waals surface area contributed by atoms with Crippen LogP contribution in [0.3, 0.4) is 0 Å². The van der Waals surface area contributed by atoms with Crippen LogP contribution in [-0.4, -0.2) is 28.7 Å². The van der Waals surface area contributed by atoms with Crippen molar-refractivity contribution in [1.82, 2.24) is 4.90 Å². The highest BCUT2D eigenvalue weighted by Gasteiger charge is 2.42. The molecule has 3 rings (SSSR count). The fourth-order valence-corrected chi connectivity index (χ4v) is 3.60. The molecule has 146 valence electrons. The molecule has 1 atom stereocenters. The SMILES string of the molecule is CC(C)CC(C(=O)Nc1ccccc1C(C)C)N1C(=O)c2ccccc2C1=O. The minimum atomic E-state index is -0.854. The molecule has 1 heterocycles. The molecular formula is C23H26N2O3. The van der Waals surface area contributed by atoms with Crippen molar-refractivity contribution in [2.24, 2.45) is 5.92 Å². The van der Waals surface area contributed by atoms with Gasteiger partial charge in [-0.2, -0.15) is 0 Å². The number of para-hydroxylation sites is 1. The van der Waals surface area contributed by atoms with Gasteiger partial charge in [-0.25, -0.2) is 0 Å². The van der Waals surface area contributed by atoms with E-state index in [1.807, 2.05) is 38.1 Å². The van der Waals surface area contributed by atoms with Crippen LogP contribution in [0.2, 0.25) is 0 Å². The van der Waals surface area contributed by atoms with Crippen LogP contribution in [0.1, 0.15) is 66.3 Å². The number of anilines is 1. The molecule has 0 fully saturated rings. The predicted octanol–water partition coefficient (Wildman–Crippen LogP) is 4.46. The molecule has 1 aliphatic heterocycles. The summed E-state index contributed by atoms with van der Waals surface area (Å²) >= 11 is 0. The second-order valence-corrected chi connectivity index (χ2v) is 7.90. The molecule has 3 amide bonds. The number of benzene rings is 2. The summed E-state index contributed by atoms with van der Waals surface area (Å²) < 4.78 is 0. The lowest BCUT2D eigenvalue weighted by molar-refractivity contribution is -0.120. The van der Waals surface area contributed by atoms with E-state index in [-0.39, 0.29) is 17.7 Å². The van der Waals surface area contributed by atoms with Gasteiger partial charge in [-0.3, -0.25) is 19.3 Å². The van der Waals surface area contributed by atoms with Crippen molar-refractivity contribution in [1.29, 1.82) is 0 Å². The molecule has 2 aromatic carbocycles. The highest BCUT2D eigenvalue weighted by Crippen LogP contribution is 2.29. The van der Waals surface area contributed by atoms with Crippen LogP contribution in [0.5, 0.6) is 0 Å². The summed E-state index contributed by atoms with van der Waals surface area (Å²) in [5, 5.41) is 2.96. The molecule has 0 aromatic heterocycles. The van der Waals surface area contributed by atoms with E-state index in [4.69, 9.17) is 0 Å². The summed E-state index contributed by atoms with van der Waals surface area (Å²) in [5.41, 5.74) is 2.45. The zero-order chi connectivity index (χ0) is 20.4.